The lowest BCUT2D eigenvalue weighted by atomic mass is 9.52. The Morgan fingerprint density at radius 3 is 2.77 bits per heavy atom. The maximum absolute atomic E-state index is 12.5. The first-order valence-electron chi connectivity index (χ1n) is 12.1. The van der Waals surface area contributed by atoms with Crippen LogP contribution in [0.5, 0.6) is 0 Å². The number of nitrogens with zero attached hydrogens (tertiary/aromatic N) is 3. The van der Waals surface area contributed by atoms with Crippen LogP contribution in [-0.4, -0.2) is 69.8 Å². The summed E-state index contributed by atoms with van der Waals surface area (Å²) >= 11 is 0. The number of ether oxygens (including phenoxy) is 2. The number of amides is 1. The normalized spacial score (nSPS) is 29.3. The van der Waals surface area contributed by atoms with Crippen molar-refractivity contribution in [3.05, 3.63) is 24.3 Å². The number of aliphatic hydroxyl groups is 1. The number of hydrogen-bond donors (Lipinski definition) is 4. The molecule has 3 heterocycles. The van der Waals surface area contributed by atoms with E-state index in [0.717, 1.165) is 48.8 Å². The van der Waals surface area contributed by atoms with Crippen LogP contribution in [0.25, 0.3) is 22.5 Å². The molecule has 0 aromatic carbocycles. The fourth-order valence-electron chi connectivity index (χ4n) is 6.65. The van der Waals surface area contributed by atoms with Gasteiger partial charge >= 0.3 is 0 Å². The van der Waals surface area contributed by atoms with Gasteiger partial charge in [-0.15, -0.1) is 0 Å². The number of carbonyl (C=O) groups is 1. The average molecular weight is 483 g/mol. The molecular weight excluding hydrogens is 452 g/mol. The maximum atomic E-state index is 12.5. The van der Waals surface area contributed by atoms with Gasteiger partial charge in [0.1, 0.15) is 5.65 Å². The zero-order valence-corrected chi connectivity index (χ0v) is 19.8. The van der Waals surface area contributed by atoms with Crippen LogP contribution in [-0.2, 0) is 9.47 Å². The molecule has 0 spiro atoms. The highest BCUT2D eigenvalue weighted by molar-refractivity contribution is 5.97. The molecule has 7 rings (SSSR count). The predicted molar refractivity (Wildman–Crippen MR) is 125 cm³/mol. The molecule has 4 N–H and O–H groups in total. The topological polar surface area (TPSA) is 147 Å². The molecule has 35 heavy (non-hydrogen) atoms. The van der Waals surface area contributed by atoms with Crippen molar-refractivity contribution in [1.82, 2.24) is 25.4 Å². The minimum Gasteiger partial charge on any atom is -0.390 e. The first-order valence-corrected chi connectivity index (χ1v) is 12.1. The number of fused-ring (bicyclic) bond motifs is 1. The summed E-state index contributed by atoms with van der Waals surface area (Å²) in [5, 5.41) is 22.3. The van der Waals surface area contributed by atoms with Gasteiger partial charge in [-0.25, -0.2) is 4.98 Å². The van der Waals surface area contributed by atoms with E-state index in [0.29, 0.717) is 23.3 Å². The van der Waals surface area contributed by atoms with Gasteiger partial charge in [0.2, 0.25) is 0 Å². The summed E-state index contributed by atoms with van der Waals surface area (Å²) in [6.07, 6.45) is 7.86. The van der Waals surface area contributed by atoms with Gasteiger partial charge in [0, 0.05) is 38.0 Å². The van der Waals surface area contributed by atoms with Gasteiger partial charge in [-0.1, -0.05) is 5.16 Å². The van der Waals surface area contributed by atoms with Gasteiger partial charge in [0.15, 0.2) is 6.29 Å². The van der Waals surface area contributed by atoms with E-state index < -0.39 is 17.8 Å². The highest BCUT2D eigenvalue weighted by atomic mass is 16.7. The van der Waals surface area contributed by atoms with Gasteiger partial charge in [-0.3, -0.25) is 4.79 Å². The van der Waals surface area contributed by atoms with Crippen LogP contribution >= 0.6 is 0 Å². The van der Waals surface area contributed by atoms with Crippen molar-refractivity contribution in [2.24, 2.45) is 17.8 Å². The van der Waals surface area contributed by atoms with E-state index in [1.54, 1.807) is 6.20 Å². The number of anilines is 1. The van der Waals surface area contributed by atoms with E-state index >= 15 is 0 Å². The number of carbonyl (C=O) groups excluding carboxylic acids is 1. The summed E-state index contributed by atoms with van der Waals surface area (Å²) in [5.74, 6) is 1.10. The Hall–Kier alpha value is -3.02. The molecule has 4 fully saturated rings. The molecule has 4 bridgehead atoms. The number of H-pyrrole nitrogens is 1. The summed E-state index contributed by atoms with van der Waals surface area (Å²) in [5.41, 5.74) is 1.75. The van der Waals surface area contributed by atoms with Crippen LogP contribution in [0.1, 0.15) is 42.7 Å². The quantitative estimate of drug-likeness (QED) is 0.355. The molecule has 4 aliphatic rings. The number of rotatable bonds is 8. The lowest BCUT2D eigenvalue weighted by Gasteiger charge is -2.58. The van der Waals surface area contributed by atoms with Crippen molar-refractivity contribution in [1.29, 1.82) is 0 Å². The summed E-state index contributed by atoms with van der Waals surface area (Å²) in [7, 11) is 2.99. The zero-order chi connectivity index (χ0) is 24.2. The number of nitrogens with one attached hydrogen (secondary N) is 3. The third kappa shape index (κ3) is 3.97. The van der Waals surface area contributed by atoms with Crippen molar-refractivity contribution < 1.29 is 23.9 Å². The van der Waals surface area contributed by atoms with Gasteiger partial charge in [-0.2, -0.15) is 4.98 Å². The molecule has 1 unspecified atom stereocenters. The fraction of sp³-hybridized carbons (Fsp3) is 0.583. The first-order chi connectivity index (χ1) is 17.0. The number of aromatic amines is 1. The molecule has 0 saturated heterocycles. The van der Waals surface area contributed by atoms with Crippen LogP contribution < -0.4 is 10.6 Å². The lowest BCUT2D eigenvalue weighted by molar-refractivity contribution is -0.129. The molecule has 1 amide bonds. The molecule has 5 atom stereocenters. The Balaban J connectivity index is 1.28. The first kappa shape index (κ1) is 22.4. The minimum absolute atomic E-state index is 0.0806. The molecule has 3 aromatic heterocycles. The van der Waals surface area contributed by atoms with Crippen molar-refractivity contribution in [2.75, 3.05) is 26.1 Å². The molecule has 4 aliphatic carbocycles. The molecule has 0 aliphatic heterocycles. The van der Waals surface area contributed by atoms with Crippen LogP contribution in [0.2, 0.25) is 0 Å². The smallest absolute Gasteiger partial charge is 0.292 e. The number of methoxy groups -OCH3 is 2. The van der Waals surface area contributed by atoms with Crippen LogP contribution in [0, 0.1) is 17.8 Å². The van der Waals surface area contributed by atoms with E-state index in [1.165, 1.54) is 14.2 Å². The molecular formula is C24H30N6O5. The van der Waals surface area contributed by atoms with Crippen LogP contribution in [0.4, 0.5) is 5.69 Å². The zero-order valence-electron chi connectivity index (χ0n) is 19.8. The van der Waals surface area contributed by atoms with Gasteiger partial charge < -0.3 is 34.7 Å². The third-order valence-electron chi connectivity index (χ3n) is 7.95. The maximum Gasteiger partial charge on any atom is 0.292 e. The van der Waals surface area contributed by atoms with E-state index in [2.05, 4.69) is 30.7 Å². The monoisotopic (exact) mass is 482 g/mol. The Labute approximate surface area is 202 Å². The minimum atomic E-state index is -0.569. The van der Waals surface area contributed by atoms with Crippen LogP contribution in [0.3, 0.4) is 0 Å². The molecule has 186 valence electrons. The standard InChI is InChI=1S/C24H30N6O5/c1-33-17(34-2)11-27-22(31)21-29-23(35-30-21)16-10-26-20-15(3-4-25-20)19(16)28-18-13-5-12-6-14(18)9-24(32,7-12)8-13/h3-4,10,12-14,17-18,32H,5-9,11H2,1-2H3,(H,27,31)(H2,25,26,28)/t12?,13-,14+,18+,24-. The summed E-state index contributed by atoms with van der Waals surface area (Å²) in [6, 6.07) is 2.22. The van der Waals surface area contributed by atoms with E-state index in [4.69, 9.17) is 14.0 Å². The van der Waals surface area contributed by atoms with E-state index in [9.17, 15) is 9.90 Å². The summed E-state index contributed by atoms with van der Waals surface area (Å²) in [4.78, 5) is 24.6. The molecule has 3 aromatic rings. The average Bonchev–Trinajstić information content (AvgIpc) is 3.51. The molecule has 4 saturated carbocycles. The highest BCUT2D eigenvalue weighted by Gasteiger charge is 2.54. The van der Waals surface area contributed by atoms with E-state index in [1.807, 2.05) is 12.3 Å². The van der Waals surface area contributed by atoms with E-state index in [-0.39, 0.29) is 24.3 Å². The fourth-order valence-corrected chi connectivity index (χ4v) is 6.65. The molecule has 0 radical (unpaired) electrons. The Kier molecular flexibility index (Phi) is 5.50. The second-order valence-electron chi connectivity index (χ2n) is 10.2. The second kappa shape index (κ2) is 8.58. The summed E-state index contributed by atoms with van der Waals surface area (Å²) < 4.78 is 15.7. The largest absolute Gasteiger partial charge is 0.390 e. The Bertz CT molecular complexity index is 1220. The van der Waals surface area contributed by atoms with Gasteiger partial charge in [0.05, 0.1) is 23.4 Å². The number of hydrogen-bond acceptors (Lipinski definition) is 9. The number of pyridine rings is 1. The second-order valence-corrected chi connectivity index (χ2v) is 10.2. The number of aromatic nitrogens is 4. The van der Waals surface area contributed by atoms with Crippen LogP contribution in [0.15, 0.2) is 23.0 Å². The Morgan fingerprint density at radius 2 is 2.06 bits per heavy atom. The van der Waals surface area contributed by atoms with Crippen molar-refractivity contribution in [2.45, 2.75) is 50.0 Å². The van der Waals surface area contributed by atoms with Gasteiger partial charge in [-0.05, 0) is 55.9 Å². The third-order valence-corrected chi connectivity index (χ3v) is 7.95. The van der Waals surface area contributed by atoms with Gasteiger partial charge in [0.25, 0.3) is 17.6 Å². The SMILES string of the molecule is COC(CNC(=O)c1noc(-c2cnc3[nH]ccc3c2N[C@H]2[C@@H]3CC4C[C@H]2C[C@@](O)(C4)C3)n1)OC. The predicted octanol–water partition coefficient (Wildman–Crippen LogP) is 2.31. The lowest BCUT2D eigenvalue weighted by Crippen LogP contribution is -2.59. The van der Waals surface area contributed by atoms with Crippen molar-refractivity contribution in [3.63, 3.8) is 0 Å². The summed E-state index contributed by atoms with van der Waals surface area (Å²) in [6.45, 7) is 0.150. The van der Waals surface area contributed by atoms with Crippen molar-refractivity contribution in [3.8, 4) is 11.5 Å². The highest BCUT2D eigenvalue weighted by Crippen LogP contribution is 2.56. The molecule has 11 nitrogen and oxygen atoms in total. The Morgan fingerprint density at radius 1 is 1.29 bits per heavy atom. The van der Waals surface area contributed by atoms with Crippen molar-refractivity contribution >= 4 is 22.6 Å². The molecule has 11 heteroatoms.